The van der Waals surface area contributed by atoms with Gasteiger partial charge >= 0.3 is 0 Å². The van der Waals surface area contributed by atoms with E-state index in [1.165, 1.54) is 11.8 Å². The fourth-order valence-electron chi connectivity index (χ4n) is 4.53. The van der Waals surface area contributed by atoms with Crippen LogP contribution < -0.4 is 5.32 Å². The van der Waals surface area contributed by atoms with Crippen LogP contribution in [-0.2, 0) is 16.6 Å². The predicted octanol–water partition coefficient (Wildman–Crippen LogP) is 3.91. The predicted molar refractivity (Wildman–Crippen MR) is 128 cm³/mol. The Balaban J connectivity index is 1.74. The quantitative estimate of drug-likeness (QED) is 0.542. The molecule has 184 valence electrons. The van der Waals surface area contributed by atoms with Crippen molar-refractivity contribution in [2.75, 3.05) is 6.54 Å². The molecule has 0 radical (unpaired) electrons. The third-order valence-corrected chi connectivity index (χ3v) is 6.40. The van der Waals surface area contributed by atoms with Crippen LogP contribution in [0.5, 0.6) is 0 Å². The number of halogens is 2. The molecule has 0 spiro atoms. The number of likely N-dealkylation sites (tertiary alicyclic amines) is 1. The second-order valence-electron chi connectivity index (χ2n) is 9.20. The summed E-state index contributed by atoms with van der Waals surface area (Å²) in [6.07, 6.45) is 0.329. The van der Waals surface area contributed by atoms with Gasteiger partial charge in [-0.15, -0.1) is 0 Å². The Hall–Kier alpha value is -3.62. The molecule has 3 aromatic rings. The lowest BCUT2D eigenvalue weighted by molar-refractivity contribution is -0.137. The van der Waals surface area contributed by atoms with Gasteiger partial charge in [0.25, 0.3) is 0 Å². The molecule has 1 N–H and O–H groups in total. The minimum Gasteiger partial charge on any atom is -0.342 e. The first-order chi connectivity index (χ1) is 16.7. The number of aryl methyl sites for hydroxylation is 1. The van der Waals surface area contributed by atoms with Crippen LogP contribution in [0.4, 0.5) is 8.78 Å². The van der Waals surface area contributed by atoms with Crippen molar-refractivity contribution < 1.29 is 18.4 Å². The number of hydrogen-bond acceptors (Lipinski definition) is 4. The lowest BCUT2D eigenvalue weighted by atomic mass is 9.97. The van der Waals surface area contributed by atoms with Gasteiger partial charge in [0.05, 0.1) is 24.0 Å². The zero-order valence-corrected chi connectivity index (χ0v) is 20.2. The zero-order valence-electron chi connectivity index (χ0n) is 20.2. The van der Waals surface area contributed by atoms with Crippen LogP contribution in [0.15, 0.2) is 48.7 Å². The Labute approximate surface area is 203 Å². The second kappa shape index (κ2) is 9.93. The van der Waals surface area contributed by atoms with Crippen molar-refractivity contribution in [2.24, 2.45) is 7.05 Å². The SMILES string of the molecule is CC(=O)N1C[C@H](F)C[C@H]1C(=O)NC(c1cccc(-c2ccnn2C)c1)c1ccc(C(C)C)c(F)n1. The maximum atomic E-state index is 14.9. The average Bonchev–Trinajstić information content (AvgIpc) is 3.42. The second-order valence-corrected chi connectivity index (χ2v) is 9.20. The standard InChI is InChI=1S/C26H29F2N5O2/c1-15(2)20-8-9-21(30-25(20)28)24(31-26(35)23-13-19(27)14-33(23)16(3)34)18-7-5-6-17(12-18)22-10-11-29-32(22)4/h5-12,15,19,23-24H,13-14H2,1-4H3,(H,31,35)/t19-,23+,24?/m1/s1. The van der Waals surface area contributed by atoms with E-state index in [0.717, 1.165) is 11.3 Å². The first-order valence-corrected chi connectivity index (χ1v) is 11.6. The number of benzene rings is 1. The summed E-state index contributed by atoms with van der Waals surface area (Å²) in [5.74, 6) is -1.53. The van der Waals surface area contributed by atoms with Crippen molar-refractivity contribution in [2.45, 2.75) is 51.4 Å². The largest absolute Gasteiger partial charge is 0.342 e. The van der Waals surface area contributed by atoms with Gasteiger partial charge in [0.15, 0.2) is 0 Å². The van der Waals surface area contributed by atoms with Crippen LogP contribution in [0.1, 0.15) is 56.0 Å². The van der Waals surface area contributed by atoms with Crippen LogP contribution in [0.25, 0.3) is 11.3 Å². The summed E-state index contributed by atoms with van der Waals surface area (Å²) in [5.41, 5.74) is 3.18. The summed E-state index contributed by atoms with van der Waals surface area (Å²) >= 11 is 0. The van der Waals surface area contributed by atoms with Gasteiger partial charge in [-0.1, -0.05) is 38.1 Å². The van der Waals surface area contributed by atoms with Crippen LogP contribution in [0.3, 0.4) is 0 Å². The van der Waals surface area contributed by atoms with Gasteiger partial charge in [-0.3, -0.25) is 14.3 Å². The summed E-state index contributed by atoms with van der Waals surface area (Å²) in [6.45, 7) is 4.94. The molecular formula is C26H29F2N5O2. The number of carbonyl (C=O) groups excluding carboxylic acids is 2. The molecule has 35 heavy (non-hydrogen) atoms. The van der Waals surface area contributed by atoms with Gasteiger partial charge in [0, 0.05) is 37.7 Å². The van der Waals surface area contributed by atoms with E-state index in [1.807, 2.05) is 51.2 Å². The Kier molecular flexibility index (Phi) is 6.95. The highest BCUT2D eigenvalue weighted by Crippen LogP contribution is 2.29. The number of nitrogens with zero attached hydrogens (tertiary/aromatic N) is 4. The number of amides is 2. The lowest BCUT2D eigenvalue weighted by Gasteiger charge is -2.26. The number of nitrogens with one attached hydrogen (secondary N) is 1. The number of alkyl halides is 1. The topological polar surface area (TPSA) is 80.1 Å². The molecule has 1 aliphatic heterocycles. The molecule has 1 unspecified atom stereocenters. The number of rotatable bonds is 6. The maximum Gasteiger partial charge on any atom is 0.243 e. The van der Waals surface area contributed by atoms with Crippen molar-refractivity contribution in [1.82, 2.24) is 25.0 Å². The molecule has 1 aromatic carbocycles. The average molecular weight is 482 g/mol. The van der Waals surface area contributed by atoms with Gasteiger partial charge in [0.1, 0.15) is 12.2 Å². The van der Waals surface area contributed by atoms with Gasteiger partial charge in [0.2, 0.25) is 17.8 Å². The molecule has 2 amide bonds. The molecule has 2 aromatic heterocycles. The molecule has 0 bridgehead atoms. The van der Waals surface area contributed by atoms with Crippen molar-refractivity contribution in [3.8, 4) is 11.3 Å². The molecule has 0 aliphatic carbocycles. The highest BCUT2D eigenvalue weighted by atomic mass is 19.1. The Morgan fingerprint density at radius 3 is 2.57 bits per heavy atom. The molecule has 3 heterocycles. The molecule has 1 aliphatic rings. The third-order valence-electron chi connectivity index (χ3n) is 6.40. The van der Waals surface area contributed by atoms with Crippen molar-refractivity contribution in [3.63, 3.8) is 0 Å². The van der Waals surface area contributed by atoms with Crippen LogP contribution >= 0.6 is 0 Å². The smallest absolute Gasteiger partial charge is 0.243 e. The fourth-order valence-corrected chi connectivity index (χ4v) is 4.53. The monoisotopic (exact) mass is 481 g/mol. The van der Waals surface area contributed by atoms with E-state index in [-0.39, 0.29) is 24.8 Å². The molecule has 4 rings (SSSR count). The van der Waals surface area contributed by atoms with Crippen LogP contribution in [0, 0.1) is 5.95 Å². The van der Waals surface area contributed by atoms with Gasteiger partial charge < -0.3 is 10.2 Å². The molecule has 9 heteroatoms. The zero-order chi connectivity index (χ0) is 25.3. The third kappa shape index (κ3) is 5.08. The highest BCUT2D eigenvalue weighted by Gasteiger charge is 2.39. The number of hydrogen-bond donors (Lipinski definition) is 1. The van der Waals surface area contributed by atoms with Gasteiger partial charge in [-0.05, 0) is 29.7 Å². The normalized spacial score (nSPS) is 18.7. The number of pyridine rings is 1. The molecule has 7 nitrogen and oxygen atoms in total. The van der Waals surface area contributed by atoms with Crippen molar-refractivity contribution >= 4 is 11.8 Å². The van der Waals surface area contributed by atoms with E-state index in [4.69, 9.17) is 0 Å². The van der Waals surface area contributed by atoms with E-state index < -0.39 is 30.1 Å². The summed E-state index contributed by atoms with van der Waals surface area (Å²) in [4.78, 5) is 30.7. The van der Waals surface area contributed by atoms with E-state index in [1.54, 1.807) is 23.0 Å². The van der Waals surface area contributed by atoms with Gasteiger partial charge in [-0.2, -0.15) is 9.49 Å². The summed E-state index contributed by atoms with van der Waals surface area (Å²) in [5, 5.41) is 7.12. The highest BCUT2D eigenvalue weighted by molar-refractivity contribution is 5.88. The van der Waals surface area contributed by atoms with E-state index in [2.05, 4.69) is 15.4 Å². The molecule has 3 atom stereocenters. The summed E-state index contributed by atoms with van der Waals surface area (Å²) < 4.78 is 30.7. The first-order valence-electron chi connectivity index (χ1n) is 11.6. The number of aromatic nitrogens is 3. The van der Waals surface area contributed by atoms with Crippen LogP contribution in [0.2, 0.25) is 0 Å². The van der Waals surface area contributed by atoms with Crippen LogP contribution in [-0.4, -0.2) is 50.2 Å². The minimum absolute atomic E-state index is 0.0538. The Bertz CT molecular complexity index is 1240. The van der Waals surface area contributed by atoms with Crippen molar-refractivity contribution in [3.05, 3.63) is 71.4 Å². The fraction of sp³-hybridized carbons (Fsp3) is 0.385. The maximum absolute atomic E-state index is 14.9. The molecular weight excluding hydrogens is 452 g/mol. The van der Waals surface area contributed by atoms with Crippen molar-refractivity contribution in [1.29, 1.82) is 0 Å². The summed E-state index contributed by atoms with van der Waals surface area (Å²) in [6, 6.07) is 10.9. The van der Waals surface area contributed by atoms with E-state index >= 15 is 0 Å². The summed E-state index contributed by atoms with van der Waals surface area (Å²) in [7, 11) is 1.83. The van der Waals surface area contributed by atoms with E-state index in [9.17, 15) is 18.4 Å². The Morgan fingerprint density at radius 1 is 1.17 bits per heavy atom. The molecule has 1 fully saturated rings. The Morgan fingerprint density at radius 2 is 1.94 bits per heavy atom. The first kappa shape index (κ1) is 24.5. The number of carbonyl (C=O) groups is 2. The van der Waals surface area contributed by atoms with E-state index in [0.29, 0.717) is 16.8 Å². The molecule has 0 saturated carbocycles. The lowest BCUT2D eigenvalue weighted by Crippen LogP contribution is -2.46. The molecule has 1 saturated heterocycles. The minimum atomic E-state index is -1.28. The van der Waals surface area contributed by atoms with Gasteiger partial charge in [-0.25, -0.2) is 9.37 Å².